The summed E-state index contributed by atoms with van der Waals surface area (Å²) >= 11 is 7.20. The molecule has 0 saturated carbocycles. The molecule has 8 heteroatoms. The number of anilines is 2. The Balaban J connectivity index is 1.68. The molecule has 2 amide bonds. The zero-order valence-electron chi connectivity index (χ0n) is 18.2. The van der Waals surface area contributed by atoms with Crippen molar-refractivity contribution in [2.24, 2.45) is 0 Å². The van der Waals surface area contributed by atoms with E-state index in [-0.39, 0.29) is 11.5 Å². The van der Waals surface area contributed by atoms with Gasteiger partial charge in [-0.1, -0.05) is 53.7 Å². The van der Waals surface area contributed by atoms with Crippen LogP contribution in [0.5, 0.6) is 5.75 Å². The fourth-order valence-corrected chi connectivity index (χ4v) is 4.94. The van der Waals surface area contributed by atoms with E-state index < -0.39 is 11.2 Å². The van der Waals surface area contributed by atoms with E-state index in [1.54, 1.807) is 67.8 Å². The van der Waals surface area contributed by atoms with Crippen LogP contribution in [0.4, 0.5) is 11.4 Å². The molecule has 34 heavy (non-hydrogen) atoms. The Labute approximate surface area is 206 Å². The van der Waals surface area contributed by atoms with E-state index >= 15 is 0 Å². The number of thioether (sulfide) groups is 1. The number of carbonyl (C=O) groups is 2. The minimum atomic E-state index is -0.587. The average Bonchev–Trinajstić information content (AvgIpc) is 3.17. The number of hydrogen-bond donors (Lipinski definition) is 1. The van der Waals surface area contributed by atoms with E-state index in [2.05, 4.69) is 5.32 Å². The summed E-state index contributed by atoms with van der Waals surface area (Å²) in [5.74, 6) is -0.128. The summed E-state index contributed by atoms with van der Waals surface area (Å²) < 4.78 is 5.14. The van der Waals surface area contributed by atoms with Gasteiger partial charge in [0.05, 0.1) is 12.4 Å². The molecule has 1 heterocycles. The normalized spacial score (nSPS) is 16.7. The second kappa shape index (κ2) is 10.5. The van der Waals surface area contributed by atoms with Crippen LogP contribution in [0.25, 0.3) is 0 Å². The first-order valence-corrected chi connectivity index (χ1v) is 11.7. The van der Waals surface area contributed by atoms with Crippen LogP contribution in [0.1, 0.15) is 5.56 Å². The highest BCUT2D eigenvalue weighted by Crippen LogP contribution is 2.42. The number of hydrogen-bond acceptors (Lipinski definition) is 5. The van der Waals surface area contributed by atoms with Crippen molar-refractivity contribution in [2.75, 3.05) is 17.3 Å². The summed E-state index contributed by atoms with van der Waals surface area (Å²) in [6, 6.07) is 25.1. The lowest BCUT2D eigenvalue weighted by atomic mass is 10.1. The van der Waals surface area contributed by atoms with Crippen molar-refractivity contribution in [3.63, 3.8) is 0 Å². The molecule has 0 aromatic heterocycles. The molecule has 0 aliphatic carbocycles. The summed E-state index contributed by atoms with van der Waals surface area (Å²) in [7, 11) is 1.55. The third-order valence-corrected chi connectivity index (χ3v) is 6.72. The summed E-state index contributed by atoms with van der Waals surface area (Å²) in [6.07, 6.45) is 0.437. The number of benzene rings is 3. The predicted molar refractivity (Wildman–Crippen MR) is 135 cm³/mol. The van der Waals surface area contributed by atoms with E-state index in [0.29, 0.717) is 33.6 Å². The number of rotatable bonds is 6. The number of para-hydroxylation sites is 1. The molecule has 1 aliphatic heterocycles. The SMILES string of the molecule is COc1ccc(NC(=O)C(C#N)=C2SC(Cc3ccc(Cl)cc3)C(=O)N2c2ccccc2)cc1. The maximum atomic E-state index is 13.4. The number of carbonyl (C=O) groups excluding carboxylic acids is 2. The molecular weight excluding hydrogens is 470 g/mol. The monoisotopic (exact) mass is 489 g/mol. The van der Waals surface area contributed by atoms with Gasteiger partial charge in [-0.3, -0.25) is 14.5 Å². The van der Waals surface area contributed by atoms with Crippen LogP contribution in [0.2, 0.25) is 5.02 Å². The number of ether oxygens (including phenoxy) is 1. The minimum Gasteiger partial charge on any atom is -0.497 e. The quantitative estimate of drug-likeness (QED) is 0.369. The minimum absolute atomic E-state index is 0.128. The van der Waals surface area contributed by atoms with E-state index in [4.69, 9.17) is 16.3 Å². The van der Waals surface area contributed by atoms with Gasteiger partial charge in [0.25, 0.3) is 5.91 Å². The lowest BCUT2D eigenvalue weighted by Crippen LogP contribution is -2.30. The Morgan fingerprint density at radius 2 is 1.76 bits per heavy atom. The molecule has 3 aromatic carbocycles. The highest BCUT2D eigenvalue weighted by atomic mass is 35.5. The Kier molecular flexibility index (Phi) is 7.21. The average molecular weight is 490 g/mol. The topological polar surface area (TPSA) is 82.4 Å². The third kappa shape index (κ3) is 5.09. The van der Waals surface area contributed by atoms with Crippen LogP contribution >= 0.6 is 23.4 Å². The van der Waals surface area contributed by atoms with Crippen LogP contribution in [0.15, 0.2) is 89.5 Å². The molecule has 1 saturated heterocycles. The van der Waals surface area contributed by atoms with Gasteiger partial charge in [-0.05, 0) is 60.5 Å². The summed E-state index contributed by atoms with van der Waals surface area (Å²) in [4.78, 5) is 28.0. The number of amides is 2. The predicted octanol–water partition coefficient (Wildman–Crippen LogP) is 5.41. The number of halogens is 1. The van der Waals surface area contributed by atoms with E-state index in [9.17, 15) is 14.9 Å². The molecular formula is C26H20ClN3O3S. The fourth-order valence-electron chi connectivity index (χ4n) is 3.50. The maximum absolute atomic E-state index is 13.4. The molecule has 3 aromatic rings. The number of methoxy groups -OCH3 is 1. The Bertz CT molecular complexity index is 1270. The highest BCUT2D eigenvalue weighted by molar-refractivity contribution is 8.05. The molecule has 4 rings (SSSR count). The van der Waals surface area contributed by atoms with Crippen LogP contribution < -0.4 is 15.0 Å². The van der Waals surface area contributed by atoms with Gasteiger partial charge in [-0.2, -0.15) is 5.26 Å². The number of nitriles is 1. The summed E-state index contributed by atoms with van der Waals surface area (Å²) in [5.41, 5.74) is 1.92. The zero-order chi connectivity index (χ0) is 24.1. The fraction of sp³-hybridized carbons (Fsp3) is 0.115. The summed E-state index contributed by atoms with van der Waals surface area (Å²) in [6.45, 7) is 0. The van der Waals surface area contributed by atoms with Gasteiger partial charge < -0.3 is 10.1 Å². The molecule has 1 aliphatic rings. The largest absolute Gasteiger partial charge is 0.497 e. The molecule has 0 spiro atoms. The van der Waals surface area contributed by atoms with Crippen molar-refractivity contribution >= 4 is 46.6 Å². The number of nitrogens with one attached hydrogen (secondary N) is 1. The maximum Gasteiger partial charge on any atom is 0.269 e. The Morgan fingerprint density at radius 1 is 1.09 bits per heavy atom. The first-order valence-electron chi connectivity index (χ1n) is 10.4. The van der Waals surface area contributed by atoms with Gasteiger partial charge >= 0.3 is 0 Å². The van der Waals surface area contributed by atoms with Gasteiger partial charge in [0.1, 0.15) is 22.4 Å². The second-order valence-corrected chi connectivity index (χ2v) is 9.05. The van der Waals surface area contributed by atoms with Gasteiger partial charge in [0, 0.05) is 16.4 Å². The second-order valence-electron chi connectivity index (χ2n) is 7.42. The lowest BCUT2D eigenvalue weighted by molar-refractivity contribution is -0.117. The summed E-state index contributed by atoms with van der Waals surface area (Å²) in [5, 5.41) is 13.1. The van der Waals surface area contributed by atoms with Crippen LogP contribution in [-0.4, -0.2) is 24.2 Å². The molecule has 1 N–H and O–H groups in total. The van der Waals surface area contributed by atoms with Crippen LogP contribution in [0, 0.1) is 11.3 Å². The number of nitrogens with zero attached hydrogens (tertiary/aromatic N) is 2. The van der Waals surface area contributed by atoms with Gasteiger partial charge in [0.2, 0.25) is 5.91 Å². The van der Waals surface area contributed by atoms with Crippen LogP contribution in [-0.2, 0) is 16.0 Å². The van der Waals surface area contributed by atoms with Crippen molar-refractivity contribution in [1.82, 2.24) is 0 Å². The Hall–Kier alpha value is -3.73. The molecule has 0 bridgehead atoms. The first kappa shape index (κ1) is 23.4. The molecule has 1 unspecified atom stereocenters. The van der Waals surface area contributed by atoms with Crippen molar-refractivity contribution in [1.29, 1.82) is 5.26 Å². The lowest BCUT2D eigenvalue weighted by Gasteiger charge is -2.18. The molecule has 170 valence electrons. The first-order chi connectivity index (χ1) is 16.5. The van der Waals surface area contributed by atoms with Crippen molar-refractivity contribution in [3.05, 3.63) is 100 Å². The van der Waals surface area contributed by atoms with Crippen molar-refractivity contribution in [3.8, 4) is 11.8 Å². The van der Waals surface area contributed by atoms with E-state index in [1.165, 1.54) is 16.7 Å². The molecule has 6 nitrogen and oxygen atoms in total. The Morgan fingerprint density at radius 3 is 2.38 bits per heavy atom. The standard InChI is InChI=1S/C26H20ClN3O3S/c1-33-21-13-11-19(12-14-21)29-24(31)22(16-28)26-30(20-5-3-2-4-6-20)25(32)23(34-26)15-17-7-9-18(27)10-8-17/h2-14,23H,15H2,1H3,(H,29,31). The van der Waals surface area contributed by atoms with Crippen molar-refractivity contribution < 1.29 is 14.3 Å². The molecule has 1 atom stereocenters. The van der Waals surface area contributed by atoms with Crippen LogP contribution in [0.3, 0.4) is 0 Å². The van der Waals surface area contributed by atoms with Crippen molar-refractivity contribution in [2.45, 2.75) is 11.7 Å². The van der Waals surface area contributed by atoms with Gasteiger partial charge in [-0.15, -0.1) is 0 Å². The van der Waals surface area contributed by atoms with E-state index in [1.807, 2.05) is 24.3 Å². The van der Waals surface area contributed by atoms with E-state index in [0.717, 1.165) is 5.56 Å². The van der Waals surface area contributed by atoms with Gasteiger partial charge in [-0.25, -0.2) is 0 Å². The molecule has 0 radical (unpaired) electrons. The highest BCUT2D eigenvalue weighted by Gasteiger charge is 2.40. The smallest absolute Gasteiger partial charge is 0.269 e. The zero-order valence-corrected chi connectivity index (χ0v) is 19.8. The van der Waals surface area contributed by atoms with Gasteiger partial charge in [0.15, 0.2) is 0 Å². The molecule has 1 fully saturated rings. The third-order valence-electron chi connectivity index (χ3n) is 5.20.